The van der Waals surface area contributed by atoms with Crippen molar-refractivity contribution < 1.29 is 0 Å². The summed E-state index contributed by atoms with van der Waals surface area (Å²) < 4.78 is 0. The van der Waals surface area contributed by atoms with Crippen molar-refractivity contribution in [1.82, 2.24) is 4.98 Å². The molecule has 1 aromatic heterocycles. The Balaban J connectivity index is 1.92. The molecule has 2 heterocycles. The number of aromatic nitrogens is 1. The monoisotopic (exact) mass is 209 g/mol. The predicted octanol–water partition coefficient (Wildman–Crippen LogP) is 1.97. The van der Waals surface area contributed by atoms with Crippen molar-refractivity contribution >= 4 is 23.3 Å². The van der Waals surface area contributed by atoms with E-state index in [0.29, 0.717) is 11.9 Å². The normalized spacial score (nSPS) is 18.0. The molecule has 1 aliphatic rings. The van der Waals surface area contributed by atoms with Crippen LogP contribution >= 0.6 is 11.8 Å². The van der Waals surface area contributed by atoms with Crippen molar-refractivity contribution in [2.75, 3.05) is 22.6 Å². The average Bonchev–Trinajstić information content (AvgIpc) is 2.23. The first-order chi connectivity index (χ1) is 6.84. The van der Waals surface area contributed by atoms with E-state index in [0.717, 1.165) is 5.69 Å². The van der Waals surface area contributed by atoms with Gasteiger partial charge < -0.3 is 11.1 Å². The number of hydrogen-bond donors (Lipinski definition) is 2. The number of nitrogens with zero attached hydrogens (tertiary/aromatic N) is 1. The number of anilines is 2. The Labute approximate surface area is 88.5 Å². The smallest absolute Gasteiger partial charge is 0.123 e. The molecule has 0 spiro atoms. The Bertz CT molecular complexity index is 280. The van der Waals surface area contributed by atoms with Crippen molar-refractivity contribution in [3.8, 4) is 0 Å². The van der Waals surface area contributed by atoms with Crippen molar-refractivity contribution in [2.45, 2.75) is 18.9 Å². The van der Waals surface area contributed by atoms with Gasteiger partial charge >= 0.3 is 0 Å². The highest BCUT2D eigenvalue weighted by atomic mass is 32.2. The summed E-state index contributed by atoms with van der Waals surface area (Å²) in [7, 11) is 0. The van der Waals surface area contributed by atoms with Crippen LogP contribution < -0.4 is 11.1 Å². The minimum atomic E-state index is 0.578. The van der Waals surface area contributed by atoms with Gasteiger partial charge in [0.25, 0.3) is 0 Å². The van der Waals surface area contributed by atoms with Crippen LogP contribution in [0.15, 0.2) is 18.3 Å². The average molecular weight is 209 g/mol. The Hall–Kier alpha value is -0.900. The molecule has 3 nitrogen and oxygen atoms in total. The first-order valence-electron chi connectivity index (χ1n) is 4.90. The minimum Gasteiger partial charge on any atom is -0.384 e. The lowest BCUT2D eigenvalue weighted by atomic mass is 10.1. The van der Waals surface area contributed by atoms with Crippen LogP contribution in [0.1, 0.15) is 12.8 Å². The fraction of sp³-hybridized carbons (Fsp3) is 0.500. The first kappa shape index (κ1) is 9.65. The number of thioether (sulfide) groups is 1. The molecule has 14 heavy (non-hydrogen) atoms. The fourth-order valence-corrected chi connectivity index (χ4v) is 2.67. The van der Waals surface area contributed by atoms with Gasteiger partial charge in [-0.1, -0.05) is 0 Å². The minimum absolute atomic E-state index is 0.578. The van der Waals surface area contributed by atoms with E-state index in [9.17, 15) is 0 Å². The van der Waals surface area contributed by atoms with Gasteiger partial charge in [-0.15, -0.1) is 0 Å². The molecule has 1 fully saturated rings. The first-order valence-corrected chi connectivity index (χ1v) is 6.06. The SMILES string of the molecule is Nc1ccc(NC2CCSCC2)cn1. The van der Waals surface area contributed by atoms with Crippen LogP contribution in [0.25, 0.3) is 0 Å². The largest absolute Gasteiger partial charge is 0.384 e. The third-order valence-corrected chi connectivity index (χ3v) is 3.43. The molecule has 76 valence electrons. The molecule has 0 aliphatic carbocycles. The molecule has 1 saturated heterocycles. The van der Waals surface area contributed by atoms with Crippen LogP contribution in [-0.2, 0) is 0 Å². The van der Waals surface area contributed by atoms with Crippen LogP contribution in [0.4, 0.5) is 11.5 Å². The van der Waals surface area contributed by atoms with Gasteiger partial charge in [-0.3, -0.25) is 0 Å². The van der Waals surface area contributed by atoms with Crippen LogP contribution in [-0.4, -0.2) is 22.5 Å². The molecular formula is C10H15N3S. The molecule has 0 bridgehead atoms. The molecule has 1 aliphatic heterocycles. The molecule has 1 aromatic rings. The highest BCUT2D eigenvalue weighted by molar-refractivity contribution is 7.99. The summed E-state index contributed by atoms with van der Waals surface area (Å²) in [5.74, 6) is 3.11. The Morgan fingerprint density at radius 3 is 2.79 bits per heavy atom. The Kier molecular flexibility index (Phi) is 3.14. The molecule has 4 heteroatoms. The van der Waals surface area contributed by atoms with Crippen LogP contribution in [0.2, 0.25) is 0 Å². The van der Waals surface area contributed by atoms with E-state index in [-0.39, 0.29) is 0 Å². The number of rotatable bonds is 2. The lowest BCUT2D eigenvalue weighted by Crippen LogP contribution is -2.24. The third kappa shape index (κ3) is 2.54. The second-order valence-electron chi connectivity index (χ2n) is 3.50. The number of pyridine rings is 1. The fourth-order valence-electron chi connectivity index (χ4n) is 1.57. The molecule has 0 saturated carbocycles. The van der Waals surface area contributed by atoms with Crippen LogP contribution in [0, 0.1) is 0 Å². The molecular weight excluding hydrogens is 194 g/mol. The van der Waals surface area contributed by atoms with Crippen LogP contribution in [0.3, 0.4) is 0 Å². The molecule has 0 aromatic carbocycles. The zero-order valence-electron chi connectivity index (χ0n) is 8.07. The summed E-state index contributed by atoms with van der Waals surface area (Å²) in [5, 5.41) is 3.48. The summed E-state index contributed by atoms with van der Waals surface area (Å²) in [6.07, 6.45) is 4.29. The van der Waals surface area contributed by atoms with Crippen molar-refractivity contribution in [1.29, 1.82) is 0 Å². The molecule has 2 rings (SSSR count). The highest BCUT2D eigenvalue weighted by Gasteiger charge is 2.12. The predicted molar refractivity (Wildman–Crippen MR) is 62.6 cm³/mol. The maximum atomic E-state index is 5.52. The zero-order valence-corrected chi connectivity index (χ0v) is 8.89. The molecule has 0 atom stereocenters. The van der Waals surface area contributed by atoms with Crippen molar-refractivity contribution in [3.63, 3.8) is 0 Å². The molecule has 0 amide bonds. The lowest BCUT2D eigenvalue weighted by Gasteiger charge is -2.23. The molecule has 3 N–H and O–H groups in total. The van der Waals surface area contributed by atoms with E-state index in [4.69, 9.17) is 5.73 Å². The molecule has 0 unspecified atom stereocenters. The van der Waals surface area contributed by atoms with E-state index < -0.39 is 0 Å². The van der Waals surface area contributed by atoms with Gasteiger partial charge in [-0.05, 0) is 36.5 Å². The second kappa shape index (κ2) is 4.55. The van der Waals surface area contributed by atoms with Gasteiger partial charge in [0.05, 0.1) is 11.9 Å². The third-order valence-electron chi connectivity index (χ3n) is 2.38. The van der Waals surface area contributed by atoms with Crippen molar-refractivity contribution in [2.24, 2.45) is 0 Å². The number of hydrogen-bond acceptors (Lipinski definition) is 4. The number of nitrogen functional groups attached to an aromatic ring is 1. The van der Waals surface area contributed by atoms with E-state index in [1.807, 2.05) is 23.9 Å². The lowest BCUT2D eigenvalue weighted by molar-refractivity contribution is 0.666. The topological polar surface area (TPSA) is 50.9 Å². The van der Waals surface area contributed by atoms with Gasteiger partial charge in [0.2, 0.25) is 0 Å². The van der Waals surface area contributed by atoms with E-state index in [2.05, 4.69) is 10.3 Å². The standard InChI is InChI=1S/C10H15N3S/c11-10-2-1-9(7-12-10)13-8-3-5-14-6-4-8/h1-2,7-8,13H,3-6H2,(H2,11,12). The van der Waals surface area contributed by atoms with Crippen LogP contribution in [0.5, 0.6) is 0 Å². The Morgan fingerprint density at radius 2 is 2.14 bits per heavy atom. The Morgan fingerprint density at radius 1 is 1.36 bits per heavy atom. The zero-order chi connectivity index (χ0) is 9.80. The quantitative estimate of drug-likeness (QED) is 0.782. The summed E-state index contributed by atoms with van der Waals surface area (Å²) >= 11 is 2.04. The van der Waals surface area contributed by atoms with E-state index in [1.165, 1.54) is 24.3 Å². The van der Waals surface area contributed by atoms with Gasteiger partial charge in [0.15, 0.2) is 0 Å². The van der Waals surface area contributed by atoms with E-state index in [1.54, 1.807) is 6.20 Å². The maximum Gasteiger partial charge on any atom is 0.123 e. The summed E-state index contributed by atoms with van der Waals surface area (Å²) in [5.41, 5.74) is 6.60. The van der Waals surface area contributed by atoms with E-state index >= 15 is 0 Å². The van der Waals surface area contributed by atoms with Gasteiger partial charge in [-0.2, -0.15) is 11.8 Å². The maximum absolute atomic E-state index is 5.52. The van der Waals surface area contributed by atoms with Gasteiger partial charge in [0, 0.05) is 6.04 Å². The summed E-state index contributed by atoms with van der Waals surface area (Å²) in [6.45, 7) is 0. The molecule has 0 radical (unpaired) electrons. The van der Waals surface area contributed by atoms with Crippen molar-refractivity contribution in [3.05, 3.63) is 18.3 Å². The van der Waals surface area contributed by atoms with Gasteiger partial charge in [-0.25, -0.2) is 4.98 Å². The van der Waals surface area contributed by atoms with Gasteiger partial charge in [0.1, 0.15) is 5.82 Å². The highest BCUT2D eigenvalue weighted by Crippen LogP contribution is 2.20. The second-order valence-corrected chi connectivity index (χ2v) is 4.73. The number of nitrogens with one attached hydrogen (secondary N) is 1. The summed E-state index contributed by atoms with van der Waals surface area (Å²) in [4.78, 5) is 4.05. The number of nitrogens with two attached hydrogens (primary N) is 1. The summed E-state index contributed by atoms with van der Waals surface area (Å²) in [6, 6.07) is 4.44.